The summed E-state index contributed by atoms with van der Waals surface area (Å²) in [5, 5.41) is 3.05. The highest BCUT2D eigenvalue weighted by molar-refractivity contribution is 5.95. The van der Waals surface area contributed by atoms with Gasteiger partial charge in [-0.25, -0.2) is 0 Å². The molecule has 1 rings (SSSR count). The largest absolute Gasteiger partial charge is 0.492 e. The highest BCUT2D eigenvalue weighted by atomic mass is 16.5. The summed E-state index contributed by atoms with van der Waals surface area (Å²) in [6, 6.07) is 5.14. The van der Waals surface area contributed by atoms with Crippen LogP contribution in [0.3, 0.4) is 0 Å². The van der Waals surface area contributed by atoms with Crippen molar-refractivity contribution in [2.24, 2.45) is 0 Å². The molecule has 106 valence electrons. The van der Waals surface area contributed by atoms with Crippen molar-refractivity contribution in [3.05, 3.63) is 23.8 Å². The lowest BCUT2D eigenvalue weighted by molar-refractivity contribution is 0.0901. The summed E-state index contributed by atoms with van der Waals surface area (Å²) in [6.45, 7) is 8.63. The predicted molar refractivity (Wildman–Crippen MR) is 78.5 cm³/mol. The summed E-state index contributed by atoms with van der Waals surface area (Å²) in [5.74, 6) is 0.522. The molecular weight excluding hydrogens is 240 g/mol. The van der Waals surface area contributed by atoms with Crippen molar-refractivity contribution in [3.63, 3.8) is 0 Å². The van der Waals surface area contributed by atoms with Gasteiger partial charge < -0.3 is 15.8 Å². The third kappa shape index (κ3) is 3.88. The van der Waals surface area contributed by atoms with E-state index >= 15 is 0 Å². The minimum Gasteiger partial charge on any atom is -0.492 e. The molecule has 0 saturated heterocycles. The summed E-state index contributed by atoms with van der Waals surface area (Å²) in [7, 11) is 0. The number of carbonyl (C=O) groups is 1. The summed E-state index contributed by atoms with van der Waals surface area (Å²) >= 11 is 0. The maximum Gasteiger partial charge on any atom is 0.251 e. The van der Waals surface area contributed by atoms with Gasteiger partial charge in [-0.2, -0.15) is 0 Å². The van der Waals surface area contributed by atoms with Crippen LogP contribution in [0, 0.1) is 0 Å². The van der Waals surface area contributed by atoms with Crippen molar-refractivity contribution in [1.29, 1.82) is 0 Å². The SMILES string of the molecule is CCOc1ccc(C(=O)NC(C)(CC)CC)cc1N. The molecule has 0 fully saturated rings. The van der Waals surface area contributed by atoms with Crippen LogP contribution in [0.25, 0.3) is 0 Å². The number of nitrogens with two attached hydrogens (primary N) is 1. The second kappa shape index (κ2) is 6.45. The molecule has 0 aliphatic rings. The second-order valence-corrected chi connectivity index (χ2v) is 4.91. The third-order valence-electron chi connectivity index (χ3n) is 3.55. The van der Waals surface area contributed by atoms with Crippen molar-refractivity contribution in [2.75, 3.05) is 12.3 Å². The number of hydrogen-bond acceptors (Lipinski definition) is 3. The number of nitrogen functional groups attached to an aromatic ring is 1. The Morgan fingerprint density at radius 3 is 2.42 bits per heavy atom. The van der Waals surface area contributed by atoms with Crippen molar-refractivity contribution >= 4 is 11.6 Å². The van der Waals surface area contributed by atoms with E-state index in [4.69, 9.17) is 10.5 Å². The molecule has 1 amide bonds. The lowest BCUT2D eigenvalue weighted by Crippen LogP contribution is -2.44. The molecule has 1 aromatic carbocycles. The summed E-state index contributed by atoms with van der Waals surface area (Å²) in [6.07, 6.45) is 1.78. The van der Waals surface area contributed by atoms with Crippen molar-refractivity contribution < 1.29 is 9.53 Å². The molecule has 19 heavy (non-hydrogen) atoms. The Kier molecular flexibility index (Phi) is 5.21. The van der Waals surface area contributed by atoms with E-state index in [-0.39, 0.29) is 11.4 Å². The molecule has 0 heterocycles. The maximum absolute atomic E-state index is 12.2. The van der Waals surface area contributed by atoms with Crippen LogP contribution < -0.4 is 15.8 Å². The first kappa shape index (κ1) is 15.3. The Balaban J connectivity index is 2.86. The minimum atomic E-state index is -0.176. The number of rotatable bonds is 6. The molecule has 0 aliphatic heterocycles. The van der Waals surface area contributed by atoms with E-state index in [0.717, 1.165) is 12.8 Å². The highest BCUT2D eigenvalue weighted by Gasteiger charge is 2.22. The Morgan fingerprint density at radius 1 is 1.32 bits per heavy atom. The van der Waals surface area contributed by atoms with Crippen LogP contribution in [-0.2, 0) is 0 Å². The van der Waals surface area contributed by atoms with Crippen LogP contribution in [0.5, 0.6) is 5.75 Å². The Bertz CT molecular complexity index is 440. The van der Waals surface area contributed by atoms with Gasteiger partial charge in [0.2, 0.25) is 0 Å². The van der Waals surface area contributed by atoms with E-state index in [0.29, 0.717) is 23.6 Å². The van der Waals surface area contributed by atoms with Crippen LogP contribution in [0.1, 0.15) is 50.9 Å². The molecule has 0 radical (unpaired) electrons. The third-order valence-corrected chi connectivity index (χ3v) is 3.55. The summed E-state index contributed by atoms with van der Waals surface area (Å²) in [5.41, 5.74) is 6.75. The van der Waals surface area contributed by atoms with Crippen LogP contribution in [0.2, 0.25) is 0 Å². The average molecular weight is 264 g/mol. The number of amides is 1. The zero-order valence-electron chi connectivity index (χ0n) is 12.2. The first-order chi connectivity index (χ1) is 8.95. The van der Waals surface area contributed by atoms with Gasteiger partial charge in [-0.15, -0.1) is 0 Å². The molecule has 3 N–H and O–H groups in total. The van der Waals surface area contributed by atoms with Gasteiger partial charge in [0.05, 0.1) is 12.3 Å². The van der Waals surface area contributed by atoms with Gasteiger partial charge in [0.1, 0.15) is 5.75 Å². The second-order valence-electron chi connectivity index (χ2n) is 4.91. The maximum atomic E-state index is 12.2. The van der Waals surface area contributed by atoms with Crippen LogP contribution in [-0.4, -0.2) is 18.1 Å². The van der Waals surface area contributed by atoms with E-state index < -0.39 is 0 Å². The van der Waals surface area contributed by atoms with Crippen molar-refractivity contribution in [3.8, 4) is 5.75 Å². The minimum absolute atomic E-state index is 0.0963. The lowest BCUT2D eigenvalue weighted by Gasteiger charge is -2.28. The van der Waals surface area contributed by atoms with Crippen LogP contribution in [0.15, 0.2) is 18.2 Å². The normalized spacial score (nSPS) is 11.2. The van der Waals surface area contributed by atoms with E-state index in [2.05, 4.69) is 19.2 Å². The van der Waals surface area contributed by atoms with Gasteiger partial charge in [-0.3, -0.25) is 4.79 Å². The number of carbonyl (C=O) groups excluding carboxylic acids is 1. The number of benzene rings is 1. The zero-order chi connectivity index (χ0) is 14.5. The fourth-order valence-electron chi connectivity index (χ4n) is 1.75. The van der Waals surface area contributed by atoms with Gasteiger partial charge in [0, 0.05) is 11.1 Å². The monoisotopic (exact) mass is 264 g/mol. The highest BCUT2D eigenvalue weighted by Crippen LogP contribution is 2.23. The predicted octanol–water partition coefficient (Wildman–Crippen LogP) is 2.98. The van der Waals surface area contributed by atoms with Gasteiger partial charge in [0.25, 0.3) is 5.91 Å². The van der Waals surface area contributed by atoms with Crippen LogP contribution in [0.4, 0.5) is 5.69 Å². The Morgan fingerprint density at radius 2 is 1.95 bits per heavy atom. The molecule has 0 spiro atoms. The van der Waals surface area contributed by atoms with Gasteiger partial charge >= 0.3 is 0 Å². The topological polar surface area (TPSA) is 64.3 Å². The summed E-state index contributed by atoms with van der Waals surface area (Å²) in [4.78, 5) is 12.2. The van der Waals surface area contributed by atoms with E-state index in [1.165, 1.54) is 0 Å². The summed E-state index contributed by atoms with van der Waals surface area (Å²) < 4.78 is 5.36. The molecular formula is C15H24N2O2. The van der Waals surface area contributed by atoms with E-state index in [1.54, 1.807) is 18.2 Å². The zero-order valence-corrected chi connectivity index (χ0v) is 12.2. The van der Waals surface area contributed by atoms with Gasteiger partial charge in [-0.05, 0) is 44.9 Å². The van der Waals surface area contributed by atoms with Crippen molar-refractivity contribution in [2.45, 2.75) is 46.1 Å². The number of hydrogen-bond donors (Lipinski definition) is 2. The van der Waals surface area contributed by atoms with E-state index in [9.17, 15) is 4.79 Å². The van der Waals surface area contributed by atoms with Crippen molar-refractivity contribution in [1.82, 2.24) is 5.32 Å². The first-order valence-electron chi connectivity index (χ1n) is 6.80. The molecule has 0 saturated carbocycles. The van der Waals surface area contributed by atoms with E-state index in [1.807, 2.05) is 13.8 Å². The number of ether oxygens (including phenoxy) is 1. The molecule has 1 aromatic rings. The van der Waals surface area contributed by atoms with Gasteiger partial charge in [0.15, 0.2) is 0 Å². The molecule has 0 aliphatic carbocycles. The molecule has 0 aromatic heterocycles. The first-order valence-corrected chi connectivity index (χ1v) is 6.80. The fourth-order valence-corrected chi connectivity index (χ4v) is 1.75. The molecule has 0 bridgehead atoms. The standard InChI is InChI=1S/C15H24N2O2/c1-5-15(4,6-2)17-14(18)11-8-9-13(19-7-3)12(16)10-11/h8-10H,5-7,16H2,1-4H3,(H,17,18). The molecule has 4 nitrogen and oxygen atoms in total. The smallest absolute Gasteiger partial charge is 0.251 e. The average Bonchev–Trinajstić information content (AvgIpc) is 2.41. The quantitative estimate of drug-likeness (QED) is 0.776. The molecule has 4 heteroatoms. The van der Waals surface area contributed by atoms with Gasteiger partial charge in [-0.1, -0.05) is 13.8 Å². The Hall–Kier alpha value is -1.71. The molecule has 0 atom stereocenters. The molecule has 0 unspecified atom stereocenters. The lowest BCUT2D eigenvalue weighted by atomic mass is 9.95. The Labute approximate surface area is 115 Å². The number of anilines is 1. The fraction of sp³-hybridized carbons (Fsp3) is 0.533. The van der Waals surface area contributed by atoms with Crippen LogP contribution >= 0.6 is 0 Å². The number of nitrogens with one attached hydrogen (secondary N) is 1.